The molecule has 0 bridgehead atoms. The molecule has 25 heavy (non-hydrogen) atoms. The number of H-pyrrole nitrogens is 1. The zero-order valence-electron chi connectivity index (χ0n) is 13.7. The number of carbonyl (C=O) groups is 1. The molecule has 0 aliphatic carbocycles. The van der Waals surface area contributed by atoms with Crippen molar-refractivity contribution in [1.82, 2.24) is 14.8 Å². The number of carbonyl (C=O) groups excluding carboxylic acids is 1. The van der Waals surface area contributed by atoms with Crippen LogP contribution in [0.3, 0.4) is 0 Å². The van der Waals surface area contributed by atoms with Crippen molar-refractivity contribution in [3.8, 4) is 0 Å². The van der Waals surface area contributed by atoms with Gasteiger partial charge in [-0.3, -0.25) is 19.7 Å². The van der Waals surface area contributed by atoms with Gasteiger partial charge in [-0.1, -0.05) is 6.07 Å². The van der Waals surface area contributed by atoms with Crippen molar-refractivity contribution in [2.75, 3.05) is 18.0 Å². The standard InChI is InChI=1S/C18H19N5O2/c19-17(24)14-2-1-3-15-16(14)18(25)23(21-15)13-6-10-22(11-7-13)12-4-8-20-9-5-12/h1-5,8-9,13,21H,6-7,10-11H2,(H2,19,24). The normalized spacial score (nSPS) is 15.6. The lowest BCUT2D eigenvalue weighted by atomic mass is 10.0. The summed E-state index contributed by atoms with van der Waals surface area (Å²) in [6.07, 6.45) is 5.27. The van der Waals surface area contributed by atoms with Crippen LogP contribution in [0.25, 0.3) is 10.9 Å². The van der Waals surface area contributed by atoms with Crippen LogP contribution >= 0.6 is 0 Å². The molecule has 4 rings (SSSR count). The van der Waals surface area contributed by atoms with Gasteiger partial charge in [0, 0.05) is 31.2 Å². The number of benzene rings is 1. The number of hydrogen-bond acceptors (Lipinski definition) is 4. The van der Waals surface area contributed by atoms with Crippen LogP contribution in [0.5, 0.6) is 0 Å². The number of nitrogens with two attached hydrogens (primary N) is 1. The van der Waals surface area contributed by atoms with Gasteiger partial charge >= 0.3 is 0 Å². The molecule has 1 fully saturated rings. The van der Waals surface area contributed by atoms with E-state index in [9.17, 15) is 9.59 Å². The predicted molar refractivity (Wildman–Crippen MR) is 95.8 cm³/mol. The summed E-state index contributed by atoms with van der Waals surface area (Å²) in [4.78, 5) is 30.7. The number of nitrogens with one attached hydrogen (secondary N) is 1. The lowest BCUT2D eigenvalue weighted by Crippen LogP contribution is -2.37. The van der Waals surface area contributed by atoms with E-state index in [-0.39, 0.29) is 17.2 Å². The van der Waals surface area contributed by atoms with Crippen molar-refractivity contribution in [3.63, 3.8) is 0 Å². The van der Waals surface area contributed by atoms with Crippen molar-refractivity contribution < 1.29 is 4.79 Å². The topological polar surface area (TPSA) is 97.0 Å². The number of aromatic nitrogens is 3. The predicted octanol–water partition coefficient (Wildman–Crippen LogP) is 1.66. The van der Waals surface area contributed by atoms with Crippen LogP contribution in [-0.4, -0.2) is 33.8 Å². The Morgan fingerprint density at radius 3 is 2.56 bits per heavy atom. The van der Waals surface area contributed by atoms with Gasteiger partial charge in [-0.15, -0.1) is 0 Å². The SMILES string of the molecule is NC(=O)c1cccc2[nH]n(C3CCN(c4ccncc4)CC3)c(=O)c12. The van der Waals surface area contributed by atoms with Gasteiger partial charge in [-0.2, -0.15) is 0 Å². The van der Waals surface area contributed by atoms with E-state index in [1.54, 1.807) is 35.3 Å². The maximum absolute atomic E-state index is 12.8. The molecule has 3 aromatic rings. The summed E-state index contributed by atoms with van der Waals surface area (Å²) < 4.78 is 1.65. The molecule has 1 amide bonds. The molecule has 0 saturated carbocycles. The van der Waals surface area contributed by atoms with E-state index in [1.165, 1.54) is 0 Å². The van der Waals surface area contributed by atoms with Crippen LogP contribution in [0.1, 0.15) is 29.2 Å². The van der Waals surface area contributed by atoms with Crippen LogP contribution in [0.4, 0.5) is 5.69 Å². The van der Waals surface area contributed by atoms with E-state index in [4.69, 9.17) is 5.73 Å². The van der Waals surface area contributed by atoms with Crippen molar-refractivity contribution in [2.45, 2.75) is 18.9 Å². The number of piperidine rings is 1. The third-order valence-corrected chi connectivity index (χ3v) is 4.86. The van der Waals surface area contributed by atoms with Gasteiger partial charge in [0.15, 0.2) is 0 Å². The second-order valence-corrected chi connectivity index (χ2v) is 6.30. The minimum atomic E-state index is -0.582. The molecule has 3 heterocycles. The van der Waals surface area contributed by atoms with Crippen LogP contribution in [0.2, 0.25) is 0 Å². The largest absolute Gasteiger partial charge is 0.371 e. The van der Waals surface area contributed by atoms with Gasteiger partial charge < -0.3 is 10.6 Å². The first-order valence-electron chi connectivity index (χ1n) is 8.33. The molecular weight excluding hydrogens is 318 g/mol. The van der Waals surface area contributed by atoms with Crippen LogP contribution in [-0.2, 0) is 0 Å². The molecule has 3 N–H and O–H groups in total. The lowest BCUT2D eigenvalue weighted by Gasteiger charge is -2.33. The van der Waals surface area contributed by atoms with Gasteiger partial charge in [0.2, 0.25) is 5.91 Å². The highest BCUT2D eigenvalue weighted by molar-refractivity contribution is 6.05. The second-order valence-electron chi connectivity index (χ2n) is 6.30. The van der Waals surface area contributed by atoms with Crippen molar-refractivity contribution >= 4 is 22.5 Å². The molecule has 0 atom stereocenters. The molecule has 0 spiro atoms. The summed E-state index contributed by atoms with van der Waals surface area (Å²) in [5, 5.41) is 3.53. The minimum Gasteiger partial charge on any atom is -0.371 e. The molecule has 128 valence electrons. The Labute approximate surface area is 144 Å². The van der Waals surface area contributed by atoms with E-state index in [0.717, 1.165) is 31.6 Å². The third-order valence-electron chi connectivity index (χ3n) is 4.86. The molecule has 2 aromatic heterocycles. The minimum absolute atomic E-state index is 0.0821. The maximum Gasteiger partial charge on any atom is 0.275 e. The number of nitrogens with zero attached hydrogens (tertiary/aromatic N) is 3. The highest BCUT2D eigenvalue weighted by Crippen LogP contribution is 2.26. The maximum atomic E-state index is 12.8. The molecule has 7 nitrogen and oxygen atoms in total. The highest BCUT2D eigenvalue weighted by Gasteiger charge is 2.24. The first kappa shape index (κ1) is 15.4. The Morgan fingerprint density at radius 2 is 1.88 bits per heavy atom. The zero-order valence-corrected chi connectivity index (χ0v) is 13.7. The number of anilines is 1. The van der Waals surface area contributed by atoms with Crippen molar-refractivity contribution in [3.05, 3.63) is 58.6 Å². The number of hydrogen-bond donors (Lipinski definition) is 2. The molecule has 1 saturated heterocycles. The summed E-state index contributed by atoms with van der Waals surface area (Å²) >= 11 is 0. The van der Waals surface area contributed by atoms with Crippen LogP contribution in [0, 0.1) is 0 Å². The quantitative estimate of drug-likeness (QED) is 0.759. The number of primary amides is 1. The summed E-state index contributed by atoms with van der Waals surface area (Å²) in [5.74, 6) is -0.582. The zero-order chi connectivity index (χ0) is 17.4. The molecule has 0 radical (unpaired) electrons. The van der Waals surface area contributed by atoms with Crippen molar-refractivity contribution in [1.29, 1.82) is 0 Å². The van der Waals surface area contributed by atoms with Crippen molar-refractivity contribution in [2.24, 2.45) is 5.73 Å². The fourth-order valence-corrected chi connectivity index (χ4v) is 3.58. The van der Waals surface area contributed by atoms with E-state index < -0.39 is 5.91 Å². The summed E-state index contributed by atoms with van der Waals surface area (Å²) in [5.41, 5.74) is 7.30. The van der Waals surface area contributed by atoms with Gasteiger partial charge in [0.05, 0.1) is 22.5 Å². The number of rotatable bonds is 3. The number of aromatic amines is 1. The Hall–Kier alpha value is -3.09. The van der Waals surface area contributed by atoms with Crippen LogP contribution in [0.15, 0.2) is 47.5 Å². The summed E-state index contributed by atoms with van der Waals surface area (Å²) in [6.45, 7) is 1.72. The molecule has 0 unspecified atom stereocenters. The number of fused-ring (bicyclic) bond motifs is 1. The average Bonchev–Trinajstić information content (AvgIpc) is 2.99. The van der Waals surface area contributed by atoms with E-state index in [1.807, 2.05) is 12.1 Å². The molecule has 1 aliphatic heterocycles. The Morgan fingerprint density at radius 1 is 1.16 bits per heavy atom. The molecule has 1 aromatic carbocycles. The molecule has 1 aliphatic rings. The summed E-state index contributed by atoms with van der Waals surface area (Å²) in [6, 6.07) is 9.19. The highest BCUT2D eigenvalue weighted by atomic mass is 16.1. The number of pyridine rings is 1. The number of amides is 1. The van der Waals surface area contributed by atoms with E-state index in [0.29, 0.717) is 10.9 Å². The van der Waals surface area contributed by atoms with Gasteiger partial charge in [0.25, 0.3) is 5.56 Å². The first-order chi connectivity index (χ1) is 12.1. The fourth-order valence-electron chi connectivity index (χ4n) is 3.58. The monoisotopic (exact) mass is 337 g/mol. The summed E-state index contributed by atoms with van der Waals surface area (Å²) in [7, 11) is 0. The third kappa shape index (κ3) is 2.67. The average molecular weight is 337 g/mol. The smallest absolute Gasteiger partial charge is 0.275 e. The first-order valence-corrected chi connectivity index (χ1v) is 8.33. The Kier molecular flexibility index (Phi) is 3.76. The Bertz CT molecular complexity index is 968. The molecular formula is C18H19N5O2. The van der Waals surface area contributed by atoms with Gasteiger partial charge in [-0.25, -0.2) is 4.68 Å². The second kappa shape index (κ2) is 6.08. The van der Waals surface area contributed by atoms with Gasteiger partial charge in [0.1, 0.15) is 0 Å². The van der Waals surface area contributed by atoms with E-state index in [2.05, 4.69) is 15.0 Å². The van der Waals surface area contributed by atoms with E-state index >= 15 is 0 Å². The van der Waals surface area contributed by atoms with Gasteiger partial charge in [-0.05, 0) is 37.1 Å². The lowest BCUT2D eigenvalue weighted by molar-refractivity contribution is 0.100. The fraction of sp³-hybridized carbons (Fsp3) is 0.278. The Balaban J connectivity index is 1.62. The molecule has 7 heteroatoms. The van der Waals surface area contributed by atoms with Crippen LogP contribution < -0.4 is 16.2 Å².